The molecule has 0 aliphatic rings. The Morgan fingerprint density at radius 1 is 1.50 bits per heavy atom. The second kappa shape index (κ2) is 4.15. The van der Waals surface area contributed by atoms with E-state index in [1.54, 1.807) is 12.3 Å². The summed E-state index contributed by atoms with van der Waals surface area (Å²) >= 11 is 5.73. The fraction of sp³-hybridized carbons (Fsp3) is 0.500. The summed E-state index contributed by atoms with van der Waals surface area (Å²) in [5, 5.41) is 9.80. The van der Waals surface area contributed by atoms with Crippen LogP contribution in [-0.2, 0) is 0 Å². The van der Waals surface area contributed by atoms with Crippen molar-refractivity contribution in [2.24, 2.45) is 0 Å². The van der Waals surface area contributed by atoms with Crippen molar-refractivity contribution in [1.29, 1.82) is 0 Å². The van der Waals surface area contributed by atoms with E-state index in [4.69, 9.17) is 11.6 Å². The fourth-order valence-electron chi connectivity index (χ4n) is 0.983. The van der Waals surface area contributed by atoms with Crippen LogP contribution in [0.25, 0.3) is 0 Å². The van der Waals surface area contributed by atoms with E-state index in [1.165, 1.54) is 0 Å². The molecule has 0 aliphatic carbocycles. The second-order valence-electron chi connectivity index (χ2n) is 3.86. The van der Waals surface area contributed by atoms with Crippen molar-refractivity contribution in [1.82, 2.24) is 4.98 Å². The highest BCUT2D eigenvalue weighted by molar-refractivity contribution is 6.30. The van der Waals surface area contributed by atoms with Gasteiger partial charge in [0.2, 0.25) is 0 Å². The second-order valence-corrected chi connectivity index (χ2v) is 4.30. The van der Waals surface area contributed by atoms with Gasteiger partial charge in [-0.2, -0.15) is 0 Å². The van der Waals surface area contributed by atoms with Crippen molar-refractivity contribution >= 4 is 17.4 Å². The number of anilines is 1. The summed E-state index contributed by atoms with van der Waals surface area (Å²) in [6, 6.07) is 3.62. The van der Waals surface area contributed by atoms with E-state index in [0.717, 1.165) is 5.82 Å². The van der Waals surface area contributed by atoms with Gasteiger partial charge < -0.3 is 10.0 Å². The van der Waals surface area contributed by atoms with E-state index in [-0.39, 0.29) is 12.1 Å². The number of rotatable bonds is 3. The highest BCUT2D eigenvalue weighted by Crippen LogP contribution is 2.20. The number of aliphatic hydroxyl groups is 1. The topological polar surface area (TPSA) is 36.4 Å². The van der Waals surface area contributed by atoms with Gasteiger partial charge in [0.1, 0.15) is 5.82 Å². The molecule has 0 bridgehead atoms. The van der Waals surface area contributed by atoms with Crippen LogP contribution in [0.5, 0.6) is 0 Å². The molecule has 1 rings (SSSR count). The zero-order chi connectivity index (χ0) is 10.8. The van der Waals surface area contributed by atoms with Crippen molar-refractivity contribution in [2.75, 3.05) is 18.6 Å². The predicted molar refractivity (Wildman–Crippen MR) is 58.8 cm³/mol. The van der Waals surface area contributed by atoms with Crippen molar-refractivity contribution in [3.63, 3.8) is 0 Å². The molecule has 0 radical (unpaired) electrons. The molecule has 0 aliphatic heterocycles. The van der Waals surface area contributed by atoms with Crippen LogP contribution >= 0.6 is 11.6 Å². The number of nitrogens with zero attached hydrogens (tertiary/aromatic N) is 2. The van der Waals surface area contributed by atoms with E-state index >= 15 is 0 Å². The quantitative estimate of drug-likeness (QED) is 0.836. The molecule has 0 aromatic carbocycles. The molecule has 1 aromatic rings. The average molecular weight is 215 g/mol. The lowest BCUT2D eigenvalue weighted by Crippen LogP contribution is -2.44. The van der Waals surface area contributed by atoms with Gasteiger partial charge in [-0.25, -0.2) is 4.98 Å². The number of pyridine rings is 1. The molecule has 1 N–H and O–H groups in total. The van der Waals surface area contributed by atoms with Gasteiger partial charge in [-0.15, -0.1) is 0 Å². The van der Waals surface area contributed by atoms with Gasteiger partial charge in [0.05, 0.1) is 17.2 Å². The summed E-state index contributed by atoms with van der Waals surface area (Å²) < 4.78 is 0. The number of likely N-dealkylation sites (N-methyl/N-ethyl adjacent to an activating group) is 1. The summed E-state index contributed by atoms with van der Waals surface area (Å²) in [5.41, 5.74) is -0.319. The molecule has 1 aromatic heterocycles. The van der Waals surface area contributed by atoms with Gasteiger partial charge in [0.25, 0.3) is 0 Å². The third kappa shape index (κ3) is 2.36. The van der Waals surface area contributed by atoms with E-state index in [2.05, 4.69) is 4.98 Å². The van der Waals surface area contributed by atoms with Crippen LogP contribution in [0, 0.1) is 0 Å². The van der Waals surface area contributed by atoms with Gasteiger partial charge in [-0.05, 0) is 26.0 Å². The Kier molecular flexibility index (Phi) is 3.34. The number of aliphatic hydroxyl groups excluding tert-OH is 1. The maximum atomic E-state index is 9.18. The van der Waals surface area contributed by atoms with Crippen molar-refractivity contribution < 1.29 is 5.11 Å². The maximum absolute atomic E-state index is 9.18. The van der Waals surface area contributed by atoms with Crippen LogP contribution in [-0.4, -0.2) is 29.3 Å². The molecular weight excluding hydrogens is 200 g/mol. The molecule has 3 nitrogen and oxygen atoms in total. The average Bonchev–Trinajstić information content (AvgIpc) is 2.18. The Morgan fingerprint density at radius 2 is 2.14 bits per heavy atom. The molecule has 14 heavy (non-hydrogen) atoms. The lowest BCUT2D eigenvalue weighted by atomic mass is 10.1. The zero-order valence-electron chi connectivity index (χ0n) is 8.66. The summed E-state index contributed by atoms with van der Waals surface area (Å²) in [4.78, 5) is 6.10. The first-order chi connectivity index (χ1) is 6.47. The van der Waals surface area contributed by atoms with Gasteiger partial charge in [-0.3, -0.25) is 0 Å². The standard InChI is InChI=1S/C10H15ClN2O/c1-10(2,7-14)13(3)9-5-4-8(11)6-12-9/h4-6,14H,7H2,1-3H3. The third-order valence-electron chi connectivity index (χ3n) is 2.35. The van der Waals surface area contributed by atoms with E-state index in [1.807, 2.05) is 31.9 Å². The van der Waals surface area contributed by atoms with Gasteiger partial charge >= 0.3 is 0 Å². The molecule has 1 heterocycles. The van der Waals surface area contributed by atoms with E-state index < -0.39 is 0 Å². The Morgan fingerprint density at radius 3 is 2.57 bits per heavy atom. The molecule has 4 heteroatoms. The first-order valence-corrected chi connectivity index (χ1v) is 4.81. The molecule has 0 saturated carbocycles. The summed E-state index contributed by atoms with van der Waals surface area (Å²) in [5.74, 6) is 0.799. The highest BCUT2D eigenvalue weighted by atomic mass is 35.5. The molecule has 0 unspecified atom stereocenters. The van der Waals surface area contributed by atoms with Crippen LogP contribution in [0.2, 0.25) is 5.02 Å². The van der Waals surface area contributed by atoms with Gasteiger partial charge in [0.15, 0.2) is 0 Å². The van der Waals surface area contributed by atoms with Gasteiger partial charge in [0, 0.05) is 13.2 Å². The van der Waals surface area contributed by atoms with Crippen molar-refractivity contribution in [2.45, 2.75) is 19.4 Å². The van der Waals surface area contributed by atoms with E-state index in [9.17, 15) is 5.11 Å². The highest BCUT2D eigenvalue weighted by Gasteiger charge is 2.23. The number of hydrogen-bond donors (Lipinski definition) is 1. The van der Waals surface area contributed by atoms with Crippen LogP contribution in [0.1, 0.15) is 13.8 Å². The number of hydrogen-bond acceptors (Lipinski definition) is 3. The third-order valence-corrected chi connectivity index (χ3v) is 2.57. The van der Waals surface area contributed by atoms with Crippen LogP contribution in [0.4, 0.5) is 5.82 Å². The van der Waals surface area contributed by atoms with Crippen LogP contribution in [0.15, 0.2) is 18.3 Å². The molecule has 0 amide bonds. The van der Waals surface area contributed by atoms with Crippen molar-refractivity contribution in [3.8, 4) is 0 Å². The number of aromatic nitrogens is 1. The monoisotopic (exact) mass is 214 g/mol. The molecule has 0 atom stereocenters. The summed E-state index contributed by atoms with van der Waals surface area (Å²) in [6.07, 6.45) is 1.60. The number of halogens is 1. The zero-order valence-corrected chi connectivity index (χ0v) is 9.41. The Labute approximate surface area is 89.3 Å². The van der Waals surface area contributed by atoms with Gasteiger partial charge in [-0.1, -0.05) is 11.6 Å². The minimum Gasteiger partial charge on any atom is -0.394 e. The maximum Gasteiger partial charge on any atom is 0.128 e. The smallest absolute Gasteiger partial charge is 0.128 e. The SMILES string of the molecule is CN(c1ccc(Cl)cn1)C(C)(C)CO. The Hall–Kier alpha value is -0.800. The first-order valence-electron chi connectivity index (χ1n) is 4.43. The first kappa shape index (κ1) is 11.3. The fourth-order valence-corrected chi connectivity index (χ4v) is 1.09. The van der Waals surface area contributed by atoms with Crippen LogP contribution < -0.4 is 4.90 Å². The lowest BCUT2D eigenvalue weighted by Gasteiger charge is -2.34. The molecule has 78 valence electrons. The van der Waals surface area contributed by atoms with Crippen LogP contribution in [0.3, 0.4) is 0 Å². The molecule has 0 spiro atoms. The Balaban J connectivity index is 2.89. The molecular formula is C10H15ClN2O. The molecule has 0 saturated heterocycles. The Bertz CT molecular complexity index is 297. The van der Waals surface area contributed by atoms with E-state index in [0.29, 0.717) is 5.02 Å². The lowest BCUT2D eigenvalue weighted by molar-refractivity contribution is 0.215. The summed E-state index contributed by atoms with van der Waals surface area (Å²) in [7, 11) is 1.90. The summed E-state index contributed by atoms with van der Waals surface area (Å²) in [6.45, 7) is 3.97. The minimum atomic E-state index is -0.319. The van der Waals surface area contributed by atoms with Crippen molar-refractivity contribution in [3.05, 3.63) is 23.4 Å². The largest absolute Gasteiger partial charge is 0.394 e. The normalized spacial score (nSPS) is 11.5. The molecule has 0 fully saturated rings. The predicted octanol–water partition coefficient (Wildman–Crippen LogP) is 1.94. The minimum absolute atomic E-state index is 0.0772.